The van der Waals surface area contributed by atoms with E-state index in [9.17, 15) is 0 Å². The van der Waals surface area contributed by atoms with E-state index in [2.05, 4.69) is 34.3 Å². The first-order chi connectivity index (χ1) is 11.8. The SMILES string of the molecule is N/C(=N\O)c1ccc(C2COCCN(Cc3ccccc3)C2)cc1. The summed E-state index contributed by atoms with van der Waals surface area (Å²) in [4.78, 5) is 2.43. The summed E-state index contributed by atoms with van der Waals surface area (Å²) >= 11 is 0. The molecule has 3 rings (SSSR count). The number of benzene rings is 2. The van der Waals surface area contributed by atoms with Gasteiger partial charge < -0.3 is 15.7 Å². The van der Waals surface area contributed by atoms with Crippen molar-refractivity contribution in [1.82, 2.24) is 4.90 Å². The van der Waals surface area contributed by atoms with Crippen LogP contribution in [-0.2, 0) is 11.3 Å². The van der Waals surface area contributed by atoms with Gasteiger partial charge >= 0.3 is 0 Å². The average Bonchev–Trinajstić information content (AvgIpc) is 2.87. The molecule has 5 heteroatoms. The normalized spacial score (nSPS) is 19.8. The number of rotatable bonds is 4. The molecular formula is C19H23N3O2. The molecule has 24 heavy (non-hydrogen) atoms. The summed E-state index contributed by atoms with van der Waals surface area (Å²) in [5.74, 6) is 0.446. The van der Waals surface area contributed by atoms with Gasteiger partial charge in [-0.15, -0.1) is 0 Å². The Balaban J connectivity index is 1.70. The zero-order chi connectivity index (χ0) is 16.8. The Morgan fingerprint density at radius 3 is 2.62 bits per heavy atom. The molecule has 1 unspecified atom stereocenters. The maximum Gasteiger partial charge on any atom is 0.170 e. The van der Waals surface area contributed by atoms with Gasteiger partial charge in [0.25, 0.3) is 0 Å². The molecule has 1 aliphatic rings. The van der Waals surface area contributed by atoms with E-state index in [1.54, 1.807) is 0 Å². The largest absolute Gasteiger partial charge is 0.409 e. The minimum atomic E-state index is 0.129. The van der Waals surface area contributed by atoms with Crippen LogP contribution in [0.4, 0.5) is 0 Å². The number of hydrogen-bond acceptors (Lipinski definition) is 4. The zero-order valence-electron chi connectivity index (χ0n) is 13.6. The lowest BCUT2D eigenvalue weighted by Gasteiger charge is -2.23. The van der Waals surface area contributed by atoms with E-state index in [1.165, 1.54) is 11.1 Å². The molecule has 2 aromatic carbocycles. The standard InChI is InChI=1S/C19H23N3O2/c20-19(21-23)17-8-6-16(7-9-17)18-13-22(10-11-24-14-18)12-15-4-2-1-3-5-15/h1-9,18,23H,10-14H2,(H2,20,21). The first kappa shape index (κ1) is 16.5. The van der Waals surface area contributed by atoms with Crippen LogP contribution in [0.2, 0.25) is 0 Å². The molecule has 0 bridgehead atoms. The first-order valence-corrected chi connectivity index (χ1v) is 8.18. The maximum absolute atomic E-state index is 8.75. The third kappa shape index (κ3) is 4.13. The van der Waals surface area contributed by atoms with Gasteiger partial charge in [0.05, 0.1) is 13.2 Å². The van der Waals surface area contributed by atoms with Crippen molar-refractivity contribution < 1.29 is 9.94 Å². The quantitative estimate of drug-likeness (QED) is 0.392. The van der Waals surface area contributed by atoms with Crippen LogP contribution in [-0.4, -0.2) is 42.2 Å². The summed E-state index contributed by atoms with van der Waals surface area (Å²) in [7, 11) is 0. The lowest BCUT2D eigenvalue weighted by molar-refractivity contribution is 0.134. The number of hydrogen-bond donors (Lipinski definition) is 2. The predicted octanol–water partition coefficient (Wildman–Crippen LogP) is 2.40. The minimum absolute atomic E-state index is 0.129. The monoisotopic (exact) mass is 325 g/mol. The van der Waals surface area contributed by atoms with Gasteiger partial charge in [0.2, 0.25) is 0 Å². The molecule has 1 atom stereocenters. The maximum atomic E-state index is 8.75. The summed E-state index contributed by atoms with van der Waals surface area (Å²) in [6, 6.07) is 18.4. The Bertz CT molecular complexity index is 671. The molecule has 0 amide bonds. The van der Waals surface area contributed by atoms with Crippen molar-refractivity contribution in [2.45, 2.75) is 12.5 Å². The van der Waals surface area contributed by atoms with Crippen LogP contribution < -0.4 is 5.73 Å². The van der Waals surface area contributed by atoms with Crippen molar-refractivity contribution >= 4 is 5.84 Å². The Labute approximate surface area is 142 Å². The molecule has 0 radical (unpaired) electrons. The second kappa shape index (κ2) is 7.95. The van der Waals surface area contributed by atoms with Gasteiger partial charge in [0.1, 0.15) is 0 Å². The fraction of sp³-hybridized carbons (Fsp3) is 0.316. The highest BCUT2D eigenvalue weighted by Crippen LogP contribution is 2.22. The lowest BCUT2D eigenvalue weighted by atomic mass is 9.98. The molecular weight excluding hydrogens is 302 g/mol. The average molecular weight is 325 g/mol. The van der Waals surface area contributed by atoms with Crippen molar-refractivity contribution in [1.29, 1.82) is 0 Å². The van der Waals surface area contributed by atoms with E-state index in [-0.39, 0.29) is 5.84 Å². The van der Waals surface area contributed by atoms with Crippen molar-refractivity contribution in [3.63, 3.8) is 0 Å². The summed E-state index contributed by atoms with van der Waals surface area (Å²) in [5.41, 5.74) is 8.87. The lowest BCUT2D eigenvalue weighted by Crippen LogP contribution is -2.28. The van der Waals surface area contributed by atoms with Crippen LogP contribution in [0.1, 0.15) is 22.6 Å². The van der Waals surface area contributed by atoms with E-state index in [1.807, 2.05) is 30.3 Å². The van der Waals surface area contributed by atoms with Gasteiger partial charge in [0.15, 0.2) is 5.84 Å². The van der Waals surface area contributed by atoms with Gasteiger partial charge in [-0.3, -0.25) is 4.90 Å². The van der Waals surface area contributed by atoms with E-state index in [0.29, 0.717) is 12.5 Å². The van der Waals surface area contributed by atoms with Gasteiger partial charge in [-0.1, -0.05) is 59.8 Å². The van der Waals surface area contributed by atoms with E-state index < -0.39 is 0 Å². The number of nitrogens with zero attached hydrogens (tertiary/aromatic N) is 2. The van der Waals surface area contributed by atoms with E-state index in [4.69, 9.17) is 15.7 Å². The van der Waals surface area contributed by atoms with Gasteiger partial charge in [-0.25, -0.2) is 0 Å². The zero-order valence-corrected chi connectivity index (χ0v) is 13.6. The van der Waals surface area contributed by atoms with Gasteiger partial charge in [-0.2, -0.15) is 0 Å². The first-order valence-electron chi connectivity index (χ1n) is 8.18. The summed E-state index contributed by atoms with van der Waals surface area (Å²) in [6.07, 6.45) is 0. The van der Waals surface area contributed by atoms with E-state index in [0.717, 1.165) is 31.8 Å². The highest BCUT2D eigenvalue weighted by Gasteiger charge is 2.20. The Hall–Kier alpha value is -2.37. The van der Waals surface area contributed by atoms with Crippen LogP contribution >= 0.6 is 0 Å². The fourth-order valence-electron chi connectivity index (χ4n) is 3.05. The minimum Gasteiger partial charge on any atom is -0.409 e. The highest BCUT2D eigenvalue weighted by atomic mass is 16.5. The Kier molecular flexibility index (Phi) is 5.46. The Morgan fingerprint density at radius 2 is 1.92 bits per heavy atom. The second-order valence-corrected chi connectivity index (χ2v) is 6.10. The molecule has 1 saturated heterocycles. The number of ether oxygens (including phenoxy) is 1. The van der Waals surface area contributed by atoms with Crippen LogP contribution in [0, 0.1) is 0 Å². The number of oxime groups is 1. The van der Waals surface area contributed by atoms with Gasteiger partial charge in [0, 0.05) is 31.1 Å². The van der Waals surface area contributed by atoms with Crippen molar-refractivity contribution in [2.24, 2.45) is 10.9 Å². The van der Waals surface area contributed by atoms with Crippen molar-refractivity contribution in [3.8, 4) is 0 Å². The van der Waals surface area contributed by atoms with Crippen LogP contribution in [0.15, 0.2) is 59.8 Å². The summed E-state index contributed by atoms with van der Waals surface area (Å²) in [5, 5.41) is 11.8. The van der Waals surface area contributed by atoms with Crippen LogP contribution in [0.5, 0.6) is 0 Å². The molecule has 0 aliphatic carbocycles. The number of amidine groups is 1. The van der Waals surface area contributed by atoms with Gasteiger partial charge in [-0.05, 0) is 11.1 Å². The molecule has 0 saturated carbocycles. The number of nitrogens with two attached hydrogens (primary N) is 1. The molecule has 1 fully saturated rings. The van der Waals surface area contributed by atoms with Crippen molar-refractivity contribution in [3.05, 3.63) is 71.3 Å². The molecule has 1 aliphatic heterocycles. The molecule has 2 aromatic rings. The van der Waals surface area contributed by atoms with Crippen LogP contribution in [0.3, 0.4) is 0 Å². The smallest absolute Gasteiger partial charge is 0.170 e. The van der Waals surface area contributed by atoms with E-state index >= 15 is 0 Å². The predicted molar refractivity (Wildman–Crippen MR) is 94.2 cm³/mol. The summed E-state index contributed by atoms with van der Waals surface area (Å²) in [6.45, 7) is 4.30. The third-order valence-corrected chi connectivity index (χ3v) is 4.38. The molecule has 0 aromatic heterocycles. The molecule has 1 heterocycles. The topological polar surface area (TPSA) is 71.1 Å². The highest BCUT2D eigenvalue weighted by molar-refractivity contribution is 5.96. The second-order valence-electron chi connectivity index (χ2n) is 6.10. The Morgan fingerprint density at radius 1 is 1.17 bits per heavy atom. The third-order valence-electron chi connectivity index (χ3n) is 4.38. The van der Waals surface area contributed by atoms with Crippen LogP contribution in [0.25, 0.3) is 0 Å². The molecule has 3 N–H and O–H groups in total. The molecule has 5 nitrogen and oxygen atoms in total. The van der Waals surface area contributed by atoms with Crippen molar-refractivity contribution in [2.75, 3.05) is 26.3 Å². The molecule has 0 spiro atoms. The molecule has 126 valence electrons. The summed E-state index contributed by atoms with van der Waals surface area (Å²) < 4.78 is 5.80. The fourth-order valence-corrected chi connectivity index (χ4v) is 3.05.